The lowest BCUT2D eigenvalue weighted by Gasteiger charge is -2.16. The lowest BCUT2D eigenvalue weighted by atomic mass is 10.3. The van der Waals surface area contributed by atoms with E-state index in [1.165, 1.54) is 31.8 Å². The van der Waals surface area contributed by atoms with Crippen LogP contribution >= 0.6 is 11.3 Å². The van der Waals surface area contributed by atoms with Crippen molar-refractivity contribution in [1.82, 2.24) is 14.5 Å². The van der Waals surface area contributed by atoms with E-state index in [0.29, 0.717) is 22.2 Å². The maximum Gasteiger partial charge on any atom is 0.263 e. The van der Waals surface area contributed by atoms with Gasteiger partial charge in [-0.2, -0.15) is 0 Å². The Balaban J connectivity index is 1.68. The van der Waals surface area contributed by atoms with Crippen molar-refractivity contribution < 1.29 is 22.7 Å². The van der Waals surface area contributed by atoms with E-state index in [-0.39, 0.29) is 23.0 Å². The zero-order valence-corrected chi connectivity index (χ0v) is 20.3. The molecule has 0 bridgehead atoms. The van der Waals surface area contributed by atoms with Crippen LogP contribution in [-0.2, 0) is 21.4 Å². The van der Waals surface area contributed by atoms with Crippen LogP contribution < -0.4 is 14.2 Å². The third kappa shape index (κ3) is 4.98. The number of likely N-dealkylation sites (tertiary alicyclic amines) is 1. The maximum absolute atomic E-state index is 13.2. The summed E-state index contributed by atoms with van der Waals surface area (Å²) in [4.78, 5) is 19.1. The molecule has 0 unspecified atom stereocenters. The third-order valence-corrected chi connectivity index (χ3v) is 7.75. The van der Waals surface area contributed by atoms with Crippen molar-refractivity contribution in [3.8, 4) is 22.2 Å². The molecule has 1 fully saturated rings. The Morgan fingerprint density at radius 1 is 1.18 bits per heavy atom. The Kier molecular flexibility index (Phi) is 6.61. The summed E-state index contributed by atoms with van der Waals surface area (Å²) in [6.45, 7) is 3.39. The van der Waals surface area contributed by atoms with E-state index in [2.05, 4.69) is 9.71 Å². The Morgan fingerprint density at radius 2 is 1.94 bits per heavy atom. The number of hydrogen-bond acceptors (Lipinski definition) is 7. The monoisotopic (exact) mass is 490 g/mol. The number of aryl methyl sites for hydroxylation is 1. The van der Waals surface area contributed by atoms with Gasteiger partial charge in [-0.05, 0) is 38.0 Å². The fraction of sp³-hybridized carbons (Fsp3) is 0.364. The number of thiazole rings is 1. The molecule has 9 nitrogen and oxygen atoms in total. The highest BCUT2D eigenvalue weighted by Crippen LogP contribution is 2.33. The molecule has 1 amide bonds. The Hall–Kier alpha value is -3.05. The number of aromatic nitrogens is 2. The molecule has 0 atom stereocenters. The summed E-state index contributed by atoms with van der Waals surface area (Å²) in [6, 6.07) is 6.37. The number of nitrogens with zero attached hydrogens (tertiary/aromatic N) is 3. The number of hydrogen-bond donors (Lipinski definition) is 1. The minimum absolute atomic E-state index is 0.0358. The molecule has 1 saturated heterocycles. The van der Waals surface area contributed by atoms with Gasteiger partial charge in [-0.15, -0.1) is 11.3 Å². The van der Waals surface area contributed by atoms with Crippen LogP contribution in [0.4, 0.5) is 5.69 Å². The number of amides is 1. The standard InChI is InChI=1S/C22H26N4O5S2/c1-15-14-32-22(23-15)19-11-17(12-26(19)13-21(27)25-8-4-5-9-25)33(28,29)24-18-7-6-16(30-2)10-20(18)31-3/h6-7,10-12,14,24H,4-5,8-9,13H2,1-3H3. The molecule has 2 aromatic heterocycles. The number of nitrogens with one attached hydrogen (secondary N) is 1. The fourth-order valence-electron chi connectivity index (χ4n) is 3.71. The fourth-order valence-corrected chi connectivity index (χ4v) is 5.65. The molecule has 3 heterocycles. The Labute approximate surface area is 197 Å². The van der Waals surface area contributed by atoms with Crippen molar-refractivity contribution in [2.24, 2.45) is 0 Å². The zero-order valence-electron chi connectivity index (χ0n) is 18.7. The second kappa shape index (κ2) is 9.44. The van der Waals surface area contributed by atoms with Gasteiger partial charge >= 0.3 is 0 Å². The lowest BCUT2D eigenvalue weighted by molar-refractivity contribution is -0.130. The molecular weight excluding hydrogens is 464 g/mol. The van der Waals surface area contributed by atoms with E-state index in [9.17, 15) is 13.2 Å². The summed E-state index contributed by atoms with van der Waals surface area (Å²) in [5.41, 5.74) is 1.70. The quantitative estimate of drug-likeness (QED) is 0.519. The molecule has 176 valence electrons. The van der Waals surface area contributed by atoms with Gasteiger partial charge in [-0.25, -0.2) is 13.4 Å². The molecule has 1 aliphatic heterocycles. The highest BCUT2D eigenvalue weighted by Gasteiger charge is 2.25. The van der Waals surface area contributed by atoms with Crippen LogP contribution in [0.5, 0.6) is 11.5 Å². The van der Waals surface area contributed by atoms with Gasteiger partial charge in [-0.3, -0.25) is 9.52 Å². The first kappa shape index (κ1) is 23.1. The van der Waals surface area contributed by atoms with E-state index in [1.54, 1.807) is 28.8 Å². The van der Waals surface area contributed by atoms with Gasteiger partial charge in [0.1, 0.15) is 27.9 Å². The summed E-state index contributed by atoms with van der Waals surface area (Å²) in [5.74, 6) is 0.839. The topological polar surface area (TPSA) is 103 Å². The summed E-state index contributed by atoms with van der Waals surface area (Å²) < 4.78 is 41.2. The molecule has 0 radical (unpaired) electrons. The molecule has 1 aromatic carbocycles. The number of benzene rings is 1. The highest BCUT2D eigenvalue weighted by atomic mass is 32.2. The van der Waals surface area contributed by atoms with E-state index in [0.717, 1.165) is 31.6 Å². The number of carbonyl (C=O) groups excluding carboxylic acids is 1. The van der Waals surface area contributed by atoms with Gasteiger partial charge in [0, 0.05) is 36.4 Å². The lowest BCUT2D eigenvalue weighted by Crippen LogP contribution is -2.31. The van der Waals surface area contributed by atoms with Crippen molar-refractivity contribution in [2.45, 2.75) is 31.2 Å². The second-order valence-corrected chi connectivity index (χ2v) is 10.3. The first-order valence-corrected chi connectivity index (χ1v) is 12.8. The number of carbonyl (C=O) groups is 1. The Bertz CT molecular complexity index is 1260. The SMILES string of the molecule is COc1ccc(NS(=O)(=O)c2cc(-c3nc(C)cs3)n(CC(=O)N3CCCC3)c2)c(OC)c1. The summed E-state index contributed by atoms with van der Waals surface area (Å²) >= 11 is 1.41. The Morgan fingerprint density at radius 3 is 2.58 bits per heavy atom. The third-order valence-electron chi connectivity index (χ3n) is 5.44. The van der Waals surface area contributed by atoms with Gasteiger partial charge in [0.25, 0.3) is 10.0 Å². The average Bonchev–Trinajstić information content (AvgIpc) is 3.55. The van der Waals surface area contributed by atoms with Crippen molar-refractivity contribution >= 4 is 33.0 Å². The molecule has 1 aliphatic rings. The summed E-state index contributed by atoms with van der Waals surface area (Å²) in [6.07, 6.45) is 3.46. The average molecular weight is 491 g/mol. The van der Waals surface area contributed by atoms with Gasteiger partial charge in [0.15, 0.2) is 0 Å². The normalized spacial score (nSPS) is 13.8. The van der Waals surface area contributed by atoms with Crippen LogP contribution in [0.2, 0.25) is 0 Å². The minimum atomic E-state index is -3.96. The van der Waals surface area contributed by atoms with Crippen LogP contribution in [-0.4, -0.2) is 56.1 Å². The van der Waals surface area contributed by atoms with Gasteiger partial charge in [0.2, 0.25) is 5.91 Å². The van der Waals surface area contributed by atoms with E-state index in [4.69, 9.17) is 9.47 Å². The molecule has 4 rings (SSSR count). The van der Waals surface area contributed by atoms with Crippen LogP contribution in [0.3, 0.4) is 0 Å². The minimum Gasteiger partial charge on any atom is -0.497 e. The zero-order chi connectivity index (χ0) is 23.6. The first-order valence-electron chi connectivity index (χ1n) is 10.5. The van der Waals surface area contributed by atoms with Crippen LogP contribution in [0.1, 0.15) is 18.5 Å². The number of anilines is 1. The smallest absolute Gasteiger partial charge is 0.263 e. The van der Waals surface area contributed by atoms with Crippen LogP contribution in [0.25, 0.3) is 10.7 Å². The number of rotatable bonds is 8. The van der Waals surface area contributed by atoms with Crippen molar-refractivity contribution in [1.29, 1.82) is 0 Å². The van der Waals surface area contributed by atoms with Gasteiger partial charge < -0.3 is 18.9 Å². The molecule has 33 heavy (non-hydrogen) atoms. The number of sulfonamides is 1. The molecule has 11 heteroatoms. The second-order valence-electron chi connectivity index (χ2n) is 7.74. The van der Waals surface area contributed by atoms with Crippen molar-refractivity contribution in [2.75, 3.05) is 32.0 Å². The predicted octanol–water partition coefficient (Wildman–Crippen LogP) is 3.36. The van der Waals surface area contributed by atoms with E-state index in [1.807, 2.05) is 17.2 Å². The molecule has 0 aliphatic carbocycles. The summed E-state index contributed by atoms with van der Waals surface area (Å²) in [5, 5.41) is 2.55. The van der Waals surface area contributed by atoms with Crippen molar-refractivity contribution in [3.05, 3.63) is 41.5 Å². The maximum atomic E-state index is 13.2. The van der Waals surface area contributed by atoms with Crippen LogP contribution in [0.15, 0.2) is 40.7 Å². The largest absolute Gasteiger partial charge is 0.497 e. The molecule has 0 saturated carbocycles. The number of ether oxygens (including phenoxy) is 2. The van der Waals surface area contributed by atoms with Gasteiger partial charge in [-0.1, -0.05) is 0 Å². The van der Waals surface area contributed by atoms with Crippen molar-refractivity contribution in [3.63, 3.8) is 0 Å². The predicted molar refractivity (Wildman–Crippen MR) is 126 cm³/mol. The van der Waals surface area contributed by atoms with Crippen LogP contribution in [0, 0.1) is 6.92 Å². The number of methoxy groups -OCH3 is 2. The summed E-state index contributed by atoms with van der Waals surface area (Å²) in [7, 11) is -0.988. The van der Waals surface area contributed by atoms with E-state index < -0.39 is 10.0 Å². The van der Waals surface area contributed by atoms with Gasteiger partial charge in [0.05, 0.1) is 25.6 Å². The molecular formula is C22H26N4O5S2. The van der Waals surface area contributed by atoms with E-state index >= 15 is 0 Å². The first-order chi connectivity index (χ1) is 15.8. The molecule has 0 spiro atoms. The highest BCUT2D eigenvalue weighted by molar-refractivity contribution is 7.92. The molecule has 1 N–H and O–H groups in total. The molecule has 3 aromatic rings.